The molecule has 0 atom stereocenters. The zero-order valence-corrected chi connectivity index (χ0v) is 28.4. The number of hydrogen-bond acceptors (Lipinski definition) is 4. The first-order chi connectivity index (χ1) is 15.1. The van der Waals surface area contributed by atoms with E-state index in [4.69, 9.17) is 0 Å². The quantitative estimate of drug-likeness (QED) is 0.155. The Balaban J connectivity index is 0.000000199. The summed E-state index contributed by atoms with van der Waals surface area (Å²) in [6.45, 7) is 0. The van der Waals surface area contributed by atoms with E-state index in [1.165, 1.54) is 40.3 Å². The third-order valence-corrected chi connectivity index (χ3v) is 28.5. The van der Waals surface area contributed by atoms with E-state index < -0.39 is 36.8 Å². The molecule has 0 aliphatic carbocycles. The Morgan fingerprint density at radius 3 is 1.18 bits per heavy atom. The molecule has 0 saturated heterocycles. The van der Waals surface area contributed by atoms with Gasteiger partial charge in [0, 0.05) is 9.40 Å². The molecular formula is C28H36S4Sn2. The van der Waals surface area contributed by atoms with Crippen LogP contribution in [0.25, 0.3) is 40.3 Å². The Morgan fingerprint density at radius 1 is 0.471 bits per heavy atom. The number of rotatable bonds is 2. The molecule has 4 heterocycles. The van der Waals surface area contributed by atoms with Gasteiger partial charge in [0.2, 0.25) is 0 Å². The molecule has 6 rings (SSSR count). The number of hydrogen-bond donors (Lipinski definition) is 0. The maximum atomic E-state index is 2.51. The molecule has 0 fully saturated rings. The SMILES string of the molecule is C.C.[CH3][Sn]([CH3])([CH3])[c]1cc2cc3s[c]([Sn]([CH3])([CH3])[CH3])cc3cc2s1.c1cc2cc3sccc3cc2s1. The molecule has 0 amide bonds. The van der Waals surface area contributed by atoms with Gasteiger partial charge in [-0.15, -0.1) is 22.7 Å². The van der Waals surface area contributed by atoms with Crippen LogP contribution in [0.2, 0.25) is 29.6 Å². The van der Waals surface area contributed by atoms with Crippen molar-refractivity contribution in [2.75, 3.05) is 0 Å². The summed E-state index contributed by atoms with van der Waals surface area (Å²) in [4.78, 5) is 15.0. The van der Waals surface area contributed by atoms with E-state index in [1.54, 1.807) is 5.79 Å². The van der Waals surface area contributed by atoms with E-state index in [9.17, 15) is 0 Å². The van der Waals surface area contributed by atoms with E-state index in [2.05, 4.69) is 112 Å². The molecule has 0 N–H and O–H groups in total. The maximum Gasteiger partial charge on any atom is 0.0349 e. The largest absolute Gasteiger partial charge is 0.144 e. The van der Waals surface area contributed by atoms with Crippen molar-refractivity contribution in [3.05, 3.63) is 59.3 Å². The topological polar surface area (TPSA) is 0 Å². The van der Waals surface area contributed by atoms with Gasteiger partial charge in [0.15, 0.2) is 0 Å². The van der Waals surface area contributed by atoms with Crippen LogP contribution in [-0.2, 0) is 0 Å². The molecule has 6 aromatic rings. The van der Waals surface area contributed by atoms with Crippen LogP contribution in [0.5, 0.6) is 0 Å². The van der Waals surface area contributed by atoms with E-state index in [0.29, 0.717) is 0 Å². The van der Waals surface area contributed by atoms with E-state index in [-0.39, 0.29) is 14.9 Å². The second-order valence-corrected chi connectivity index (χ2v) is 45.3. The molecule has 0 bridgehead atoms. The predicted molar refractivity (Wildman–Crippen MR) is 174 cm³/mol. The van der Waals surface area contributed by atoms with E-state index >= 15 is 0 Å². The third kappa shape index (κ3) is 5.88. The summed E-state index contributed by atoms with van der Waals surface area (Å²) in [6, 6.07) is 18.7. The summed E-state index contributed by atoms with van der Waals surface area (Å²) < 4.78 is 9.16. The van der Waals surface area contributed by atoms with Crippen molar-refractivity contribution in [2.24, 2.45) is 0 Å². The van der Waals surface area contributed by atoms with Crippen LogP contribution < -0.4 is 5.79 Å². The third-order valence-electron chi connectivity index (χ3n) is 5.66. The van der Waals surface area contributed by atoms with Gasteiger partial charge in [-0.2, -0.15) is 0 Å². The second kappa shape index (κ2) is 10.7. The second-order valence-electron chi connectivity index (χ2n) is 10.4. The summed E-state index contributed by atoms with van der Waals surface area (Å²) in [5.41, 5.74) is 0. The van der Waals surface area contributed by atoms with Crippen molar-refractivity contribution in [1.82, 2.24) is 0 Å². The van der Waals surface area contributed by atoms with Crippen LogP contribution >= 0.6 is 45.3 Å². The van der Waals surface area contributed by atoms with Crippen molar-refractivity contribution in [1.29, 1.82) is 0 Å². The van der Waals surface area contributed by atoms with Gasteiger partial charge in [-0.25, -0.2) is 0 Å². The first-order valence-corrected chi connectivity index (χ1v) is 34.3. The molecule has 0 saturated carbocycles. The molecule has 180 valence electrons. The first kappa shape index (κ1) is 28.4. The fraction of sp³-hybridized carbons (Fsp3) is 0.286. The van der Waals surface area contributed by atoms with Gasteiger partial charge in [0.05, 0.1) is 0 Å². The predicted octanol–water partition coefficient (Wildman–Crippen LogP) is 10.6. The molecule has 0 aliphatic heterocycles. The summed E-state index contributed by atoms with van der Waals surface area (Å²) in [7, 11) is 0. The fourth-order valence-electron chi connectivity index (χ4n) is 3.73. The molecule has 4 aromatic heterocycles. The average Bonchev–Trinajstić information content (AvgIpc) is 3.46. The van der Waals surface area contributed by atoms with Gasteiger partial charge in [0.1, 0.15) is 0 Å². The Kier molecular flexibility index (Phi) is 8.95. The number of fused-ring (bicyclic) bond motifs is 4. The smallest absolute Gasteiger partial charge is 0.0349 e. The van der Waals surface area contributed by atoms with Crippen LogP contribution in [0.15, 0.2) is 59.3 Å². The van der Waals surface area contributed by atoms with Gasteiger partial charge in [0.25, 0.3) is 0 Å². The fourth-order valence-corrected chi connectivity index (χ4v) is 18.2. The molecule has 0 unspecified atom stereocenters. The van der Waals surface area contributed by atoms with Crippen molar-refractivity contribution >= 4 is 128 Å². The molecule has 2 aromatic carbocycles. The van der Waals surface area contributed by atoms with Gasteiger partial charge < -0.3 is 0 Å². The first-order valence-electron chi connectivity index (χ1n) is 10.9. The molecule has 0 spiro atoms. The van der Waals surface area contributed by atoms with Crippen LogP contribution in [-0.4, -0.2) is 36.8 Å². The van der Waals surface area contributed by atoms with Crippen molar-refractivity contribution in [3.63, 3.8) is 0 Å². The minimum absolute atomic E-state index is 0. The molecular weight excluding hydrogens is 702 g/mol. The molecule has 6 heteroatoms. The van der Waals surface area contributed by atoms with Crippen LogP contribution in [0, 0.1) is 0 Å². The van der Waals surface area contributed by atoms with E-state index in [1.807, 2.05) is 22.7 Å². The van der Waals surface area contributed by atoms with E-state index in [0.717, 1.165) is 0 Å². The van der Waals surface area contributed by atoms with Crippen LogP contribution in [0.3, 0.4) is 0 Å². The number of thiophene rings is 4. The molecule has 0 radical (unpaired) electrons. The minimum Gasteiger partial charge on any atom is -0.144 e. The minimum atomic E-state index is -1.91. The van der Waals surface area contributed by atoms with Gasteiger partial charge in [-0.3, -0.25) is 0 Å². The normalized spacial score (nSPS) is 11.9. The van der Waals surface area contributed by atoms with Crippen LogP contribution in [0.1, 0.15) is 14.9 Å². The summed E-state index contributed by atoms with van der Waals surface area (Å²) in [5, 5.41) is 9.98. The Bertz CT molecular complexity index is 1340. The molecule has 34 heavy (non-hydrogen) atoms. The van der Waals surface area contributed by atoms with Gasteiger partial charge >= 0.3 is 139 Å². The maximum absolute atomic E-state index is 2.51. The standard InChI is InChI=1S/C10H6S2.C10H4S2.2CH4.6CH3.2Sn/c2*1-3-11-9-6-8-2-4-12-10(8)5-7(1)9;;;;;;;;;;/h1-6H;1-2,5-6H;2*1H4;6*1H3;;. The molecule has 0 aliphatic rings. The summed E-state index contributed by atoms with van der Waals surface area (Å²) in [6.07, 6.45) is 0. The van der Waals surface area contributed by atoms with Crippen molar-refractivity contribution in [3.8, 4) is 0 Å². The van der Waals surface area contributed by atoms with Crippen LogP contribution in [0.4, 0.5) is 0 Å². The Hall–Kier alpha value is -0.123. The van der Waals surface area contributed by atoms with Gasteiger partial charge in [-0.05, 0) is 45.8 Å². The monoisotopic (exact) mass is 740 g/mol. The van der Waals surface area contributed by atoms with Crippen molar-refractivity contribution < 1.29 is 0 Å². The Morgan fingerprint density at radius 2 is 0.824 bits per heavy atom. The van der Waals surface area contributed by atoms with Gasteiger partial charge in [-0.1, -0.05) is 14.9 Å². The zero-order valence-electron chi connectivity index (χ0n) is 19.4. The average molecular weight is 738 g/mol. The van der Waals surface area contributed by atoms with Crippen molar-refractivity contribution in [2.45, 2.75) is 44.5 Å². The molecule has 0 nitrogen and oxygen atoms in total. The zero-order chi connectivity index (χ0) is 22.7. The Labute approximate surface area is 229 Å². The number of benzene rings is 2. The summed E-state index contributed by atoms with van der Waals surface area (Å²) >= 11 is 3.89. The summed E-state index contributed by atoms with van der Waals surface area (Å²) in [5.74, 6) is 0.